The molecule has 0 unspecified atom stereocenters. The number of carbonyl (C=O) groups excluding carboxylic acids is 3. The second-order valence-electron chi connectivity index (χ2n) is 10.1. The first-order chi connectivity index (χ1) is 17.8. The van der Waals surface area contributed by atoms with E-state index in [4.69, 9.17) is 5.73 Å². The number of amides is 1. The Balaban J connectivity index is 1.74. The maximum absolute atomic E-state index is 14.0. The second-order valence-corrected chi connectivity index (χ2v) is 10.1. The van der Waals surface area contributed by atoms with Crippen LogP contribution in [0.3, 0.4) is 0 Å². The fraction of sp³-hybridized carbons (Fsp3) is 0.296. The van der Waals surface area contributed by atoms with Crippen molar-refractivity contribution in [3.63, 3.8) is 0 Å². The maximum Gasteiger partial charge on any atom is 0.255 e. The smallest absolute Gasteiger partial charge is 0.255 e. The van der Waals surface area contributed by atoms with E-state index in [0.29, 0.717) is 11.1 Å². The minimum Gasteiger partial charge on any atom is -0.508 e. The van der Waals surface area contributed by atoms with Crippen LogP contribution in [0.2, 0.25) is 0 Å². The molecule has 0 aromatic heterocycles. The van der Waals surface area contributed by atoms with E-state index in [9.17, 15) is 43.6 Å². The largest absolute Gasteiger partial charge is 0.508 e. The Labute approximate surface area is 215 Å². The highest BCUT2D eigenvalue weighted by Gasteiger charge is 2.64. The molecule has 2 aromatic carbocycles. The number of aliphatic hydroxyl groups excluding tert-OH is 2. The van der Waals surface area contributed by atoms with Crippen molar-refractivity contribution in [3.05, 3.63) is 70.0 Å². The van der Waals surface area contributed by atoms with Crippen molar-refractivity contribution < 1.29 is 43.6 Å². The molecule has 4 atom stereocenters. The van der Waals surface area contributed by atoms with Gasteiger partial charge in [-0.1, -0.05) is 12.1 Å². The third-order valence-corrected chi connectivity index (χ3v) is 7.83. The van der Waals surface area contributed by atoms with Crippen LogP contribution in [0.4, 0.5) is 8.78 Å². The number of aliphatic hydroxyl groups is 3. The molecule has 0 spiro atoms. The average Bonchev–Trinajstić information content (AvgIpc) is 2.83. The zero-order chi connectivity index (χ0) is 27.8. The third kappa shape index (κ3) is 3.31. The van der Waals surface area contributed by atoms with Gasteiger partial charge in [0.2, 0.25) is 5.78 Å². The van der Waals surface area contributed by atoms with Crippen LogP contribution in [0.1, 0.15) is 17.5 Å². The lowest BCUT2D eigenvalue weighted by Gasteiger charge is -2.50. The van der Waals surface area contributed by atoms with Crippen molar-refractivity contribution in [2.45, 2.75) is 24.5 Å². The number of halogens is 2. The highest BCUT2D eigenvalue weighted by atomic mass is 19.2. The summed E-state index contributed by atoms with van der Waals surface area (Å²) in [5.41, 5.74) is 2.23. The standard InChI is InChI=1S/C27H24F2N2O7/c1-31(2)21-14-8-11-7-13-12(10-3-5-15(28)16(29)9-10)4-6-17(32)19(13)22(33)18(11)24(35)27(14,38)25(36)20(23(21)34)26(30)37/h3-6,9,11,14,21,32-33,36,38H,7-8H2,1-2H3,(H2,30,37)/t11-,14-,21-,27-/m0/s1. The van der Waals surface area contributed by atoms with Crippen molar-refractivity contribution in [2.75, 3.05) is 14.1 Å². The summed E-state index contributed by atoms with van der Waals surface area (Å²) in [6.07, 6.45) is -0.0596. The van der Waals surface area contributed by atoms with Gasteiger partial charge in [-0.15, -0.1) is 0 Å². The van der Waals surface area contributed by atoms with E-state index in [1.54, 1.807) is 0 Å². The van der Waals surface area contributed by atoms with Gasteiger partial charge in [-0.05, 0) is 67.7 Å². The molecule has 0 radical (unpaired) electrons. The van der Waals surface area contributed by atoms with E-state index in [1.165, 1.54) is 37.2 Å². The summed E-state index contributed by atoms with van der Waals surface area (Å²) in [6.45, 7) is 0. The number of phenols is 1. The number of ketones is 2. The van der Waals surface area contributed by atoms with Gasteiger partial charge < -0.3 is 26.2 Å². The number of hydrogen-bond donors (Lipinski definition) is 5. The van der Waals surface area contributed by atoms with E-state index >= 15 is 0 Å². The van der Waals surface area contributed by atoms with E-state index < -0.39 is 75.4 Å². The zero-order valence-corrected chi connectivity index (χ0v) is 20.3. The van der Waals surface area contributed by atoms with Gasteiger partial charge in [0.05, 0.1) is 11.6 Å². The molecule has 198 valence electrons. The number of hydrogen-bond acceptors (Lipinski definition) is 8. The van der Waals surface area contributed by atoms with Gasteiger partial charge >= 0.3 is 0 Å². The van der Waals surface area contributed by atoms with Crippen LogP contribution >= 0.6 is 0 Å². The second kappa shape index (κ2) is 8.47. The van der Waals surface area contributed by atoms with E-state index in [2.05, 4.69) is 0 Å². The number of primary amides is 1. The summed E-state index contributed by atoms with van der Waals surface area (Å²) < 4.78 is 27.6. The van der Waals surface area contributed by atoms with Gasteiger partial charge in [-0.2, -0.15) is 0 Å². The molecule has 1 fully saturated rings. The normalized spacial score (nSPS) is 26.8. The molecule has 1 saturated carbocycles. The first-order valence-corrected chi connectivity index (χ1v) is 11.8. The monoisotopic (exact) mass is 526 g/mol. The molecular formula is C27H24F2N2O7. The Morgan fingerprint density at radius 1 is 1.08 bits per heavy atom. The van der Waals surface area contributed by atoms with Crippen molar-refractivity contribution >= 4 is 23.2 Å². The van der Waals surface area contributed by atoms with E-state index in [0.717, 1.165) is 12.1 Å². The van der Waals surface area contributed by atoms with Crippen molar-refractivity contribution in [2.24, 2.45) is 17.6 Å². The molecule has 3 aliphatic rings. The Kier molecular flexibility index (Phi) is 5.69. The fourth-order valence-electron chi connectivity index (χ4n) is 6.18. The highest BCUT2D eigenvalue weighted by Crippen LogP contribution is 2.53. The van der Waals surface area contributed by atoms with Gasteiger partial charge in [0, 0.05) is 11.5 Å². The summed E-state index contributed by atoms with van der Waals surface area (Å²) in [5, 5.41) is 44.3. The van der Waals surface area contributed by atoms with Gasteiger partial charge in [-0.3, -0.25) is 19.3 Å². The molecule has 0 saturated heterocycles. The van der Waals surface area contributed by atoms with Crippen LogP contribution in [0, 0.1) is 23.5 Å². The Bertz CT molecular complexity index is 1510. The molecule has 5 rings (SSSR count). The summed E-state index contributed by atoms with van der Waals surface area (Å²) in [7, 11) is 3.01. The van der Waals surface area contributed by atoms with Crippen LogP contribution in [-0.4, -0.2) is 68.5 Å². The van der Waals surface area contributed by atoms with Gasteiger partial charge in [0.25, 0.3) is 5.91 Å². The molecule has 1 amide bonds. The zero-order valence-electron chi connectivity index (χ0n) is 20.3. The average molecular weight is 526 g/mol. The van der Waals surface area contributed by atoms with Crippen LogP contribution in [0.25, 0.3) is 16.9 Å². The number of rotatable bonds is 3. The molecule has 6 N–H and O–H groups in total. The fourth-order valence-corrected chi connectivity index (χ4v) is 6.18. The van der Waals surface area contributed by atoms with E-state index in [1.807, 2.05) is 0 Å². The first kappa shape index (κ1) is 25.6. The number of aromatic hydroxyl groups is 1. The van der Waals surface area contributed by atoms with E-state index in [-0.39, 0.29) is 29.5 Å². The topological polar surface area (TPSA) is 161 Å². The lowest BCUT2D eigenvalue weighted by Crippen LogP contribution is -2.65. The van der Waals surface area contributed by atoms with Crippen LogP contribution < -0.4 is 5.73 Å². The Hall–Kier alpha value is -4.09. The van der Waals surface area contributed by atoms with Crippen LogP contribution in [0.15, 0.2) is 47.2 Å². The van der Waals surface area contributed by atoms with Crippen molar-refractivity contribution in [3.8, 4) is 16.9 Å². The van der Waals surface area contributed by atoms with Crippen molar-refractivity contribution in [1.29, 1.82) is 0 Å². The number of nitrogens with zero attached hydrogens (tertiary/aromatic N) is 1. The molecule has 0 heterocycles. The quantitative estimate of drug-likeness (QED) is 0.379. The first-order valence-electron chi connectivity index (χ1n) is 11.8. The molecule has 3 aliphatic carbocycles. The van der Waals surface area contributed by atoms with Crippen LogP contribution in [0.5, 0.6) is 5.75 Å². The molecule has 38 heavy (non-hydrogen) atoms. The molecular weight excluding hydrogens is 502 g/mol. The van der Waals surface area contributed by atoms with Crippen LogP contribution in [-0.2, 0) is 20.8 Å². The molecule has 11 heteroatoms. The predicted molar refractivity (Wildman–Crippen MR) is 130 cm³/mol. The number of benzene rings is 2. The number of Topliss-reactive ketones (excluding diaryl/α,β-unsaturated/α-hetero) is 2. The number of phenolic OH excluding ortho intramolecular Hbond substituents is 1. The van der Waals surface area contributed by atoms with Gasteiger partial charge in [-0.25, -0.2) is 8.78 Å². The van der Waals surface area contributed by atoms with Gasteiger partial charge in [0.15, 0.2) is 23.0 Å². The van der Waals surface area contributed by atoms with Crippen molar-refractivity contribution in [1.82, 2.24) is 4.90 Å². The number of carbonyl (C=O) groups is 3. The number of nitrogens with two attached hydrogens (primary N) is 1. The molecule has 0 bridgehead atoms. The summed E-state index contributed by atoms with van der Waals surface area (Å²) in [5.74, 6) is -9.69. The maximum atomic E-state index is 14.0. The number of fused-ring (bicyclic) bond motifs is 3. The minimum absolute atomic E-state index is 0.0251. The lowest BCUT2D eigenvalue weighted by atomic mass is 9.57. The third-order valence-electron chi connectivity index (χ3n) is 7.83. The lowest BCUT2D eigenvalue weighted by molar-refractivity contribution is -0.153. The molecule has 0 aliphatic heterocycles. The Morgan fingerprint density at radius 2 is 1.76 bits per heavy atom. The Morgan fingerprint density at radius 3 is 2.37 bits per heavy atom. The van der Waals surface area contributed by atoms with Gasteiger partial charge in [0.1, 0.15) is 22.8 Å². The predicted octanol–water partition coefficient (Wildman–Crippen LogP) is 1.91. The summed E-state index contributed by atoms with van der Waals surface area (Å²) >= 11 is 0. The SMILES string of the molecule is CN(C)[C@@H]1C(=O)C(C(N)=O)=C(O)[C@@]2(O)C(=O)C3=C(O)c4c(O)ccc(-c5ccc(F)c(F)c5)c4C[C@H]3C[C@@H]12. The summed E-state index contributed by atoms with van der Waals surface area (Å²) in [6, 6.07) is 4.74. The number of likely N-dealkylation sites (N-methyl/N-ethyl adjacent to an activating group) is 1. The highest BCUT2D eigenvalue weighted by molar-refractivity contribution is 6.24. The minimum atomic E-state index is -2.74. The molecule has 2 aromatic rings. The molecule has 9 nitrogen and oxygen atoms in total. The summed E-state index contributed by atoms with van der Waals surface area (Å²) in [4.78, 5) is 40.4.